The number of rotatable bonds is 6. The van der Waals surface area contributed by atoms with E-state index in [1.54, 1.807) is 18.2 Å². The second-order valence-corrected chi connectivity index (χ2v) is 4.80. The highest BCUT2D eigenvalue weighted by atomic mass is 16.5. The number of phenols is 2. The number of hydrogen-bond donors (Lipinski definition) is 2. The van der Waals surface area contributed by atoms with Gasteiger partial charge >= 0.3 is 0 Å². The molecule has 5 heteroatoms. The fraction of sp³-hybridized carbons (Fsp3) is 0.235. The van der Waals surface area contributed by atoms with Crippen LogP contribution in [0.1, 0.15) is 22.3 Å². The van der Waals surface area contributed by atoms with Crippen molar-refractivity contribution in [2.24, 2.45) is 0 Å². The van der Waals surface area contributed by atoms with Crippen LogP contribution in [0, 0.1) is 0 Å². The smallest absolute Gasteiger partial charge is 0.166 e. The van der Waals surface area contributed by atoms with Crippen molar-refractivity contribution in [2.45, 2.75) is 12.8 Å². The maximum absolute atomic E-state index is 12.3. The fourth-order valence-corrected chi connectivity index (χ4v) is 2.23. The summed E-state index contributed by atoms with van der Waals surface area (Å²) in [5.74, 6) is 0.973. The first-order chi connectivity index (χ1) is 10.5. The minimum Gasteiger partial charge on any atom is -0.508 e. The Morgan fingerprint density at radius 3 is 2.18 bits per heavy atom. The molecule has 0 amide bonds. The summed E-state index contributed by atoms with van der Waals surface area (Å²) in [5, 5.41) is 18.9. The van der Waals surface area contributed by atoms with Crippen LogP contribution in [0.5, 0.6) is 23.0 Å². The highest BCUT2D eigenvalue weighted by molar-refractivity contribution is 5.99. The first kappa shape index (κ1) is 15.7. The molecule has 0 bridgehead atoms. The van der Waals surface area contributed by atoms with E-state index in [1.807, 2.05) is 0 Å². The summed E-state index contributed by atoms with van der Waals surface area (Å²) in [7, 11) is 2.97. The second-order valence-electron chi connectivity index (χ2n) is 4.80. The predicted molar refractivity (Wildman–Crippen MR) is 82.0 cm³/mol. The molecule has 0 heterocycles. The highest BCUT2D eigenvalue weighted by Crippen LogP contribution is 2.28. The molecule has 0 unspecified atom stereocenters. The van der Waals surface area contributed by atoms with Crippen LogP contribution < -0.4 is 9.47 Å². The van der Waals surface area contributed by atoms with Crippen molar-refractivity contribution < 1.29 is 24.5 Å². The minimum atomic E-state index is -0.0908. The largest absolute Gasteiger partial charge is 0.508 e. The van der Waals surface area contributed by atoms with Crippen LogP contribution in [0.4, 0.5) is 0 Å². The lowest BCUT2D eigenvalue weighted by Crippen LogP contribution is -2.04. The third kappa shape index (κ3) is 3.49. The first-order valence-corrected chi connectivity index (χ1v) is 6.81. The Labute approximate surface area is 128 Å². The Balaban J connectivity index is 2.13. The van der Waals surface area contributed by atoms with Crippen molar-refractivity contribution in [3.8, 4) is 23.0 Å². The number of phenolic OH excluding ortho intramolecular Hbond substituents is 2. The zero-order valence-corrected chi connectivity index (χ0v) is 12.5. The van der Waals surface area contributed by atoms with E-state index in [2.05, 4.69) is 0 Å². The SMILES string of the molecule is COc1cc(O)ccc1CCC(=O)c1ccc(O)cc1OC. The Hall–Kier alpha value is -2.69. The average Bonchev–Trinajstić information content (AvgIpc) is 2.52. The number of methoxy groups -OCH3 is 2. The molecule has 22 heavy (non-hydrogen) atoms. The molecule has 0 spiro atoms. The van der Waals surface area contributed by atoms with E-state index in [0.29, 0.717) is 23.5 Å². The number of Topliss-reactive ketones (excluding diaryl/α,β-unsaturated/α-hetero) is 1. The number of aryl methyl sites for hydroxylation is 1. The molecule has 0 aliphatic carbocycles. The van der Waals surface area contributed by atoms with E-state index in [0.717, 1.165) is 5.56 Å². The number of aromatic hydroxyl groups is 2. The monoisotopic (exact) mass is 302 g/mol. The Morgan fingerprint density at radius 2 is 1.55 bits per heavy atom. The second kappa shape index (κ2) is 6.85. The van der Waals surface area contributed by atoms with Gasteiger partial charge in [-0.25, -0.2) is 0 Å². The van der Waals surface area contributed by atoms with E-state index < -0.39 is 0 Å². The van der Waals surface area contributed by atoms with Gasteiger partial charge < -0.3 is 19.7 Å². The molecular formula is C17H18O5. The lowest BCUT2D eigenvalue weighted by Gasteiger charge is -2.10. The van der Waals surface area contributed by atoms with Crippen molar-refractivity contribution in [2.75, 3.05) is 14.2 Å². The van der Waals surface area contributed by atoms with Crippen LogP contribution in [0.15, 0.2) is 36.4 Å². The van der Waals surface area contributed by atoms with Crippen molar-refractivity contribution in [3.05, 3.63) is 47.5 Å². The molecule has 0 atom stereocenters. The van der Waals surface area contributed by atoms with Gasteiger partial charge in [0.15, 0.2) is 5.78 Å². The number of carbonyl (C=O) groups is 1. The summed E-state index contributed by atoms with van der Waals surface area (Å²) in [6.07, 6.45) is 0.745. The molecule has 0 fully saturated rings. The molecule has 0 radical (unpaired) electrons. The van der Waals surface area contributed by atoms with E-state index in [4.69, 9.17) is 9.47 Å². The zero-order chi connectivity index (χ0) is 16.1. The summed E-state index contributed by atoms with van der Waals surface area (Å²) in [6.45, 7) is 0. The minimum absolute atomic E-state index is 0.0496. The molecule has 2 aromatic rings. The summed E-state index contributed by atoms with van der Waals surface area (Å²) >= 11 is 0. The van der Waals surface area contributed by atoms with Crippen molar-refractivity contribution >= 4 is 5.78 Å². The van der Waals surface area contributed by atoms with Crippen LogP contribution >= 0.6 is 0 Å². The highest BCUT2D eigenvalue weighted by Gasteiger charge is 2.14. The normalized spacial score (nSPS) is 10.3. The zero-order valence-electron chi connectivity index (χ0n) is 12.5. The standard InChI is InChI=1S/C17H18O5/c1-21-16-9-12(18)5-3-11(16)4-8-15(20)14-7-6-13(19)10-17(14)22-2/h3,5-7,9-10,18-19H,4,8H2,1-2H3. The van der Waals surface area contributed by atoms with Gasteiger partial charge in [0, 0.05) is 18.6 Å². The van der Waals surface area contributed by atoms with Crippen LogP contribution in [0.3, 0.4) is 0 Å². The maximum Gasteiger partial charge on any atom is 0.166 e. The predicted octanol–water partition coefficient (Wildman–Crippen LogP) is 2.93. The number of carbonyl (C=O) groups excluding carboxylic acids is 1. The van der Waals surface area contributed by atoms with Crippen molar-refractivity contribution in [3.63, 3.8) is 0 Å². The quantitative estimate of drug-likeness (QED) is 0.802. The first-order valence-electron chi connectivity index (χ1n) is 6.81. The lowest BCUT2D eigenvalue weighted by molar-refractivity contribution is 0.0979. The molecular weight excluding hydrogens is 284 g/mol. The molecule has 0 saturated carbocycles. The molecule has 0 aromatic heterocycles. The number of hydrogen-bond acceptors (Lipinski definition) is 5. The Kier molecular flexibility index (Phi) is 4.88. The molecule has 2 rings (SSSR count). The Bertz CT molecular complexity index is 679. The van der Waals surface area contributed by atoms with Crippen LogP contribution in [0.2, 0.25) is 0 Å². The average molecular weight is 302 g/mol. The number of ether oxygens (including phenoxy) is 2. The molecule has 116 valence electrons. The lowest BCUT2D eigenvalue weighted by atomic mass is 10.0. The van der Waals surface area contributed by atoms with E-state index >= 15 is 0 Å². The maximum atomic E-state index is 12.3. The van der Waals surface area contributed by atoms with Gasteiger partial charge in [-0.1, -0.05) is 6.07 Å². The molecule has 2 N–H and O–H groups in total. The molecule has 0 aliphatic heterocycles. The molecule has 0 saturated heterocycles. The number of benzene rings is 2. The van der Waals surface area contributed by atoms with Gasteiger partial charge in [0.2, 0.25) is 0 Å². The van der Waals surface area contributed by atoms with Gasteiger partial charge in [-0.2, -0.15) is 0 Å². The van der Waals surface area contributed by atoms with Gasteiger partial charge in [-0.15, -0.1) is 0 Å². The third-order valence-corrected chi connectivity index (χ3v) is 3.38. The summed E-state index contributed by atoms with van der Waals surface area (Å²) in [4.78, 5) is 12.3. The van der Waals surface area contributed by atoms with E-state index in [-0.39, 0.29) is 23.7 Å². The van der Waals surface area contributed by atoms with Crippen molar-refractivity contribution in [1.82, 2.24) is 0 Å². The molecule has 5 nitrogen and oxygen atoms in total. The summed E-state index contributed by atoms with van der Waals surface area (Å²) in [5.41, 5.74) is 1.27. The van der Waals surface area contributed by atoms with Gasteiger partial charge in [-0.05, 0) is 30.2 Å². The van der Waals surface area contributed by atoms with Gasteiger partial charge in [0.25, 0.3) is 0 Å². The molecule has 0 aliphatic rings. The summed E-state index contributed by atoms with van der Waals surface area (Å²) in [6, 6.07) is 9.22. The summed E-state index contributed by atoms with van der Waals surface area (Å²) < 4.78 is 10.3. The number of ketones is 1. The van der Waals surface area contributed by atoms with Crippen LogP contribution in [0.25, 0.3) is 0 Å². The van der Waals surface area contributed by atoms with E-state index in [9.17, 15) is 15.0 Å². The van der Waals surface area contributed by atoms with Gasteiger partial charge in [0.1, 0.15) is 23.0 Å². The van der Waals surface area contributed by atoms with Crippen molar-refractivity contribution in [1.29, 1.82) is 0 Å². The topological polar surface area (TPSA) is 76.0 Å². The van der Waals surface area contributed by atoms with Crippen LogP contribution in [-0.2, 0) is 6.42 Å². The van der Waals surface area contributed by atoms with Gasteiger partial charge in [0.05, 0.1) is 19.8 Å². The van der Waals surface area contributed by atoms with Gasteiger partial charge in [-0.3, -0.25) is 4.79 Å². The Morgan fingerprint density at radius 1 is 0.955 bits per heavy atom. The fourth-order valence-electron chi connectivity index (χ4n) is 2.23. The van der Waals surface area contributed by atoms with E-state index in [1.165, 1.54) is 32.4 Å². The molecule has 2 aromatic carbocycles. The third-order valence-electron chi connectivity index (χ3n) is 3.38. The van der Waals surface area contributed by atoms with Crippen LogP contribution in [-0.4, -0.2) is 30.2 Å².